The summed E-state index contributed by atoms with van der Waals surface area (Å²) in [5.41, 5.74) is 8.05. The van der Waals surface area contributed by atoms with Crippen molar-refractivity contribution in [3.8, 4) is 11.3 Å². The zero-order valence-corrected chi connectivity index (χ0v) is 17.6. The zero-order valence-electron chi connectivity index (χ0n) is 16.8. The van der Waals surface area contributed by atoms with E-state index >= 15 is 0 Å². The van der Waals surface area contributed by atoms with Gasteiger partial charge in [-0.2, -0.15) is 10.2 Å². The minimum Gasteiger partial charge on any atom is -0.370 e. The lowest BCUT2D eigenvalue weighted by atomic mass is 10.0. The standard InChI is InChI=1S/C14H17FN8O2.C6H5Cl/c15-10-2-1-7(13(21-17)22-18)5-8(10)12-9(6-20-23-12)14(25)19-4-3-11(16)24;7-6-4-2-1-3-5-6/h1-2,5-6H,3-4,17-18H2,(H2,16,24)(H,19,25)(H,20,23)(H,21,22);1-5H. The van der Waals surface area contributed by atoms with Crippen molar-refractivity contribution in [3.63, 3.8) is 0 Å². The molecule has 0 fully saturated rings. The second kappa shape index (κ2) is 12.0. The number of hydrogen-bond donors (Lipinski definition) is 6. The summed E-state index contributed by atoms with van der Waals surface area (Å²) in [6, 6.07) is 13.5. The minimum atomic E-state index is -0.590. The summed E-state index contributed by atoms with van der Waals surface area (Å²) in [4.78, 5) is 22.9. The number of H-pyrrole nitrogens is 1. The van der Waals surface area contributed by atoms with Gasteiger partial charge in [-0.25, -0.2) is 10.2 Å². The summed E-state index contributed by atoms with van der Waals surface area (Å²) in [5, 5.41) is 13.1. The molecule has 0 spiro atoms. The fourth-order valence-electron chi connectivity index (χ4n) is 2.53. The topological polar surface area (TPSA) is 177 Å². The molecule has 0 aliphatic heterocycles. The van der Waals surface area contributed by atoms with Crippen LogP contribution in [0.4, 0.5) is 4.39 Å². The molecule has 0 saturated carbocycles. The zero-order chi connectivity index (χ0) is 23.5. The number of primary amides is 1. The number of nitrogens with one attached hydrogen (secondary N) is 3. The Hall–Kier alpha value is -3.96. The Labute approximate surface area is 188 Å². The van der Waals surface area contributed by atoms with E-state index in [0.717, 1.165) is 5.02 Å². The first kappa shape index (κ1) is 24.3. The highest BCUT2D eigenvalue weighted by atomic mass is 35.5. The monoisotopic (exact) mass is 460 g/mol. The number of rotatable bonds is 6. The van der Waals surface area contributed by atoms with Crippen LogP contribution in [0.5, 0.6) is 0 Å². The second-order valence-electron chi connectivity index (χ2n) is 6.24. The SMILES string of the molecule is Clc1ccccc1.N/N=C(\NN)c1ccc(F)c(-c2[nH]ncc2C(=O)NCCC(N)=O)c1. The van der Waals surface area contributed by atoms with E-state index in [4.69, 9.17) is 29.0 Å². The highest BCUT2D eigenvalue weighted by molar-refractivity contribution is 6.30. The Morgan fingerprint density at radius 1 is 1.19 bits per heavy atom. The normalized spacial score (nSPS) is 10.7. The first-order valence-electron chi connectivity index (χ1n) is 9.22. The number of carbonyl (C=O) groups is 2. The summed E-state index contributed by atoms with van der Waals surface area (Å²) in [6.07, 6.45) is 1.24. The van der Waals surface area contributed by atoms with E-state index in [2.05, 4.69) is 26.0 Å². The van der Waals surface area contributed by atoms with Crippen LogP contribution in [-0.2, 0) is 4.79 Å². The first-order valence-corrected chi connectivity index (χ1v) is 9.60. The lowest BCUT2D eigenvalue weighted by molar-refractivity contribution is -0.117. The minimum absolute atomic E-state index is 0.0126. The fourth-order valence-corrected chi connectivity index (χ4v) is 2.68. The Kier molecular flexibility index (Phi) is 9.14. The predicted molar refractivity (Wildman–Crippen MR) is 120 cm³/mol. The van der Waals surface area contributed by atoms with Crippen molar-refractivity contribution < 1.29 is 14.0 Å². The quantitative estimate of drug-likeness (QED) is 0.139. The molecule has 12 heteroatoms. The van der Waals surface area contributed by atoms with Crippen molar-refractivity contribution in [1.82, 2.24) is 20.9 Å². The lowest BCUT2D eigenvalue weighted by Crippen LogP contribution is -2.32. The third-order valence-electron chi connectivity index (χ3n) is 4.05. The number of hydrazone groups is 1. The molecule has 2 aromatic carbocycles. The highest BCUT2D eigenvalue weighted by Gasteiger charge is 2.19. The fraction of sp³-hybridized carbons (Fsp3) is 0.100. The van der Waals surface area contributed by atoms with E-state index in [-0.39, 0.29) is 35.6 Å². The molecule has 10 nitrogen and oxygen atoms in total. The molecule has 2 amide bonds. The number of hydrogen-bond acceptors (Lipinski definition) is 6. The summed E-state index contributed by atoms with van der Waals surface area (Å²) in [7, 11) is 0. The smallest absolute Gasteiger partial charge is 0.255 e. The Morgan fingerprint density at radius 2 is 1.91 bits per heavy atom. The van der Waals surface area contributed by atoms with Gasteiger partial charge in [0.15, 0.2) is 5.84 Å². The third-order valence-corrected chi connectivity index (χ3v) is 4.30. The maximum absolute atomic E-state index is 14.2. The van der Waals surface area contributed by atoms with Crippen LogP contribution in [0, 0.1) is 5.82 Å². The molecule has 0 radical (unpaired) electrons. The molecule has 0 saturated heterocycles. The van der Waals surface area contributed by atoms with Crippen LogP contribution in [0.2, 0.25) is 5.02 Å². The predicted octanol–water partition coefficient (Wildman–Crippen LogP) is 1.24. The van der Waals surface area contributed by atoms with Gasteiger partial charge in [0.1, 0.15) is 5.82 Å². The van der Waals surface area contributed by atoms with Crippen molar-refractivity contribution in [2.24, 2.45) is 22.5 Å². The number of hydrazine groups is 1. The summed E-state index contributed by atoms with van der Waals surface area (Å²) >= 11 is 5.54. The number of halogens is 2. The molecule has 0 atom stereocenters. The molecule has 0 aliphatic rings. The van der Waals surface area contributed by atoms with Gasteiger partial charge < -0.3 is 22.3 Å². The molecule has 3 rings (SSSR count). The van der Waals surface area contributed by atoms with Crippen molar-refractivity contribution in [2.75, 3.05) is 6.54 Å². The average Bonchev–Trinajstić information content (AvgIpc) is 3.26. The maximum atomic E-state index is 14.2. The molecule has 1 heterocycles. The number of aromatic nitrogens is 2. The van der Waals surface area contributed by atoms with Gasteiger partial charge >= 0.3 is 0 Å². The largest absolute Gasteiger partial charge is 0.370 e. The van der Waals surface area contributed by atoms with Gasteiger partial charge in [0.25, 0.3) is 5.91 Å². The number of nitrogens with zero attached hydrogens (tertiary/aromatic N) is 2. The van der Waals surface area contributed by atoms with Crippen LogP contribution in [0.1, 0.15) is 22.3 Å². The Bertz CT molecular complexity index is 1090. The molecular weight excluding hydrogens is 439 g/mol. The van der Waals surface area contributed by atoms with Crippen molar-refractivity contribution in [3.05, 3.63) is 76.7 Å². The van der Waals surface area contributed by atoms with Gasteiger partial charge in [-0.05, 0) is 30.3 Å². The van der Waals surface area contributed by atoms with E-state index in [1.807, 2.05) is 30.3 Å². The van der Waals surface area contributed by atoms with Crippen LogP contribution in [-0.4, -0.2) is 34.4 Å². The molecule has 32 heavy (non-hydrogen) atoms. The summed E-state index contributed by atoms with van der Waals surface area (Å²) in [5.74, 6) is 8.98. The molecule has 168 valence electrons. The number of aromatic amines is 1. The number of nitrogens with two attached hydrogens (primary N) is 3. The molecule has 0 unspecified atom stereocenters. The molecule has 0 aliphatic carbocycles. The first-order chi connectivity index (χ1) is 15.4. The van der Waals surface area contributed by atoms with Crippen molar-refractivity contribution in [1.29, 1.82) is 0 Å². The Morgan fingerprint density at radius 3 is 2.47 bits per heavy atom. The summed E-state index contributed by atoms with van der Waals surface area (Å²) < 4.78 is 14.2. The number of benzene rings is 2. The molecule has 1 aromatic heterocycles. The maximum Gasteiger partial charge on any atom is 0.255 e. The second-order valence-corrected chi connectivity index (χ2v) is 6.68. The van der Waals surface area contributed by atoms with Crippen LogP contribution in [0.15, 0.2) is 59.8 Å². The van der Waals surface area contributed by atoms with E-state index in [1.54, 1.807) is 0 Å². The molecule has 0 bridgehead atoms. The van der Waals surface area contributed by atoms with Crippen LogP contribution < -0.4 is 28.2 Å². The summed E-state index contributed by atoms with van der Waals surface area (Å²) in [6.45, 7) is 0.0579. The van der Waals surface area contributed by atoms with Crippen LogP contribution >= 0.6 is 11.6 Å². The van der Waals surface area contributed by atoms with E-state index < -0.39 is 17.6 Å². The number of carbonyl (C=O) groups excluding carboxylic acids is 2. The lowest BCUT2D eigenvalue weighted by Gasteiger charge is -2.09. The average molecular weight is 461 g/mol. The Balaban J connectivity index is 0.000000439. The van der Waals surface area contributed by atoms with E-state index in [0.29, 0.717) is 5.56 Å². The molecule has 3 aromatic rings. The van der Waals surface area contributed by atoms with Gasteiger partial charge in [0, 0.05) is 29.1 Å². The molecule has 9 N–H and O–H groups in total. The van der Waals surface area contributed by atoms with Crippen molar-refractivity contribution >= 4 is 29.3 Å². The van der Waals surface area contributed by atoms with Gasteiger partial charge in [-0.15, -0.1) is 0 Å². The number of amides is 2. The highest BCUT2D eigenvalue weighted by Crippen LogP contribution is 2.25. The van der Waals surface area contributed by atoms with Gasteiger partial charge in [-0.3, -0.25) is 14.7 Å². The number of amidine groups is 1. The third kappa shape index (κ3) is 6.79. The van der Waals surface area contributed by atoms with Gasteiger partial charge in [0.05, 0.1) is 17.5 Å². The van der Waals surface area contributed by atoms with Crippen molar-refractivity contribution in [2.45, 2.75) is 6.42 Å². The van der Waals surface area contributed by atoms with E-state index in [1.165, 1.54) is 24.4 Å². The van der Waals surface area contributed by atoms with Crippen LogP contribution in [0.3, 0.4) is 0 Å². The van der Waals surface area contributed by atoms with Crippen LogP contribution in [0.25, 0.3) is 11.3 Å². The molecular formula is C20H22ClFN8O2. The van der Waals surface area contributed by atoms with Gasteiger partial charge in [-0.1, -0.05) is 29.8 Å². The van der Waals surface area contributed by atoms with Gasteiger partial charge in [0.2, 0.25) is 5.91 Å². The van der Waals surface area contributed by atoms with E-state index in [9.17, 15) is 14.0 Å².